The molecule has 3 amide bonds. The largest absolute Gasteiger partial charge is 0.379 e. The molecule has 29 heavy (non-hydrogen) atoms. The van der Waals surface area contributed by atoms with E-state index in [2.05, 4.69) is 34.7 Å². The Labute approximate surface area is 177 Å². The molecule has 8 heteroatoms. The number of amides is 3. The van der Waals surface area contributed by atoms with E-state index in [1.165, 1.54) is 0 Å². The zero-order valence-electron chi connectivity index (χ0n) is 17.2. The Balaban J connectivity index is 1.55. The summed E-state index contributed by atoms with van der Waals surface area (Å²) >= 11 is 6.16. The molecule has 3 rings (SSSR count). The van der Waals surface area contributed by atoms with Crippen LogP contribution < -0.4 is 16.0 Å². The lowest BCUT2D eigenvalue weighted by atomic mass is 10.0. The minimum Gasteiger partial charge on any atom is -0.379 e. The summed E-state index contributed by atoms with van der Waals surface area (Å²) in [5.41, 5.74) is 0.919. The number of hydrogen-bond donors (Lipinski definition) is 3. The molecular formula is C21H31ClN4O3. The number of carbonyl (C=O) groups is 2. The molecule has 1 saturated carbocycles. The lowest BCUT2D eigenvalue weighted by Crippen LogP contribution is -2.49. The summed E-state index contributed by atoms with van der Waals surface area (Å²) in [4.78, 5) is 27.1. The molecule has 0 aromatic heterocycles. The highest BCUT2D eigenvalue weighted by atomic mass is 35.5. The van der Waals surface area contributed by atoms with E-state index < -0.39 is 0 Å². The van der Waals surface area contributed by atoms with Crippen LogP contribution in [-0.4, -0.2) is 61.8 Å². The van der Waals surface area contributed by atoms with Crippen LogP contribution in [0.15, 0.2) is 18.2 Å². The summed E-state index contributed by atoms with van der Waals surface area (Å²) in [6.45, 7) is 8.18. The van der Waals surface area contributed by atoms with Gasteiger partial charge in [-0.3, -0.25) is 9.69 Å². The molecule has 3 N–H and O–H groups in total. The van der Waals surface area contributed by atoms with Crippen molar-refractivity contribution in [2.75, 3.05) is 38.2 Å². The number of morpholine rings is 1. The van der Waals surface area contributed by atoms with Crippen molar-refractivity contribution in [1.29, 1.82) is 0 Å². The van der Waals surface area contributed by atoms with Crippen molar-refractivity contribution < 1.29 is 14.3 Å². The predicted molar refractivity (Wildman–Crippen MR) is 115 cm³/mol. The summed E-state index contributed by atoms with van der Waals surface area (Å²) in [5.74, 6) is 0.336. The first-order valence-electron chi connectivity index (χ1n) is 10.4. The van der Waals surface area contributed by atoms with Crippen molar-refractivity contribution in [2.45, 2.75) is 45.2 Å². The van der Waals surface area contributed by atoms with Gasteiger partial charge < -0.3 is 20.7 Å². The SMILES string of the molecule is CC(C)CC(CNC(=O)Nc1ccc(Cl)c(C(=O)NC2CC2)c1)N1CCOCC1. The first-order chi connectivity index (χ1) is 13.9. The highest BCUT2D eigenvalue weighted by Crippen LogP contribution is 2.24. The van der Waals surface area contributed by atoms with Crippen molar-refractivity contribution in [3.63, 3.8) is 0 Å². The van der Waals surface area contributed by atoms with Crippen LogP contribution in [0.2, 0.25) is 5.02 Å². The van der Waals surface area contributed by atoms with Crippen molar-refractivity contribution in [2.24, 2.45) is 5.92 Å². The average Bonchev–Trinajstić information content (AvgIpc) is 3.51. The second kappa shape index (κ2) is 10.3. The third-order valence-corrected chi connectivity index (χ3v) is 5.51. The molecule has 2 aliphatic rings. The van der Waals surface area contributed by atoms with Crippen LogP contribution in [0.1, 0.15) is 43.5 Å². The van der Waals surface area contributed by atoms with Crippen molar-refractivity contribution >= 4 is 29.2 Å². The topological polar surface area (TPSA) is 82.7 Å². The lowest BCUT2D eigenvalue weighted by Gasteiger charge is -2.35. The maximum atomic E-state index is 12.4. The number of nitrogens with one attached hydrogen (secondary N) is 3. The number of benzene rings is 1. The summed E-state index contributed by atoms with van der Waals surface area (Å²) in [6.07, 6.45) is 3.02. The van der Waals surface area contributed by atoms with Gasteiger partial charge in [-0.2, -0.15) is 0 Å². The first kappa shape index (κ1) is 21.9. The second-order valence-corrected chi connectivity index (χ2v) is 8.62. The molecule has 1 aliphatic carbocycles. The molecule has 0 bridgehead atoms. The molecule has 1 saturated heterocycles. The number of rotatable bonds is 8. The van der Waals surface area contributed by atoms with E-state index in [0.717, 1.165) is 45.6 Å². The Hall–Kier alpha value is -1.83. The molecule has 0 spiro atoms. The number of halogens is 1. The van der Waals surface area contributed by atoms with Crippen LogP contribution in [0.5, 0.6) is 0 Å². The van der Waals surface area contributed by atoms with Gasteiger partial charge in [0, 0.05) is 37.4 Å². The number of carbonyl (C=O) groups excluding carboxylic acids is 2. The monoisotopic (exact) mass is 422 g/mol. The van der Waals surface area contributed by atoms with E-state index in [1.807, 2.05) is 0 Å². The zero-order chi connectivity index (χ0) is 20.8. The third-order valence-electron chi connectivity index (χ3n) is 5.19. The highest BCUT2D eigenvalue weighted by molar-refractivity contribution is 6.34. The molecule has 1 aromatic carbocycles. The summed E-state index contributed by atoms with van der Waals surface area (Å²) in [6, 6.07) is 5.18. The Kier molecular flexibility index (Phi) is 7.75. The van der Waals surface area contributed by atoms with Gasteiger partial charge in [0.2, 0.25) is 0 Å². The van der Waals surface area contributed by atoms with E-state index in [9.17, 15) is 9.59 Å². The summed E-state index contributed by atoms with van der Waals surface area (Å²) in [5, 5.41) is 9.08. The van der Waals surface area contributed by atoms with Crippen LogP contribution in [0.25, 0.3) is 0 Å². The number of hydrogen-bond acceptors (Lipinski definition) is 4. The number of nitrogens with zero attached hydrogens (tertiary/aromatic N) is 1. The standard InChI is InChI=1S/C21H31ClN4O3/c1-14(2)11-17(26-7-9-29-10-8-26)13-23-21(28)25-16-5-6-19(22)18(12-16)20(27)24-15-3-4-15/h5-6,12,14-15,17H,3-4,7-11,13H2,1-2H3,(H,24,27)(H2,23,25,28). The lowest BCUT2D eigenvalue weighted by molar-refractivity contribution is 0.0130. The molecule has 1 unspecified atom stereocenters. The van der Waals surface area contributed by atoms with Crippen LogP contribution in [0, 0.1) is 5.92 Å². The minimum absolute atomic E-state index is 0.203. The second-order valence-electron chi connectivity index (χ2n) is 8.21. The molecule has 160 valence electrons. The van der Waals surface area contributed by atoms with Gasteiger partial charge in [-0.05, 0) is 43.4 Å². The fourth-order valence-electron chi connectivity index (χ4n) is 3.50. The Morgan fingerprint density at radius 2 is 1.97 bits per heavy atom. The quantitative estimate of drug-likeness (QED) is 0.601. The molecule has 2 fully saturated rings. The van der Waals surface area contributed by atoms with Gasteiger partial charge in [0.25, 0.3) is 5.91 Å². The average molecular weight is 423 g/mol. The van der Waals surface area contributed by atoms with Gasteiger partial charge in [0.15, 0.2) is 0 Å². The van der Waals surface area contributed by atoms with Gasteiger partial charge in [0.05, 0.1) is 23.8 Å². The van der Waals surface area contributed by atoms with Crippen LogP contribution in [-0.2, 0) is 4.74 Å². The fourth-order valence-corrected chi connectivity index (χ4v) is 3.71. The normalized spacial score (nSPS) is 18.3. The minimum atomic E-state index is -0.289. The van der Waals surface area contributed by atoms with E-state index in [4.69, 9.17) is 16.3 Å². The maximum absolute atomic E-state index is 12.4. The van der Waals surface area contributed by atoms with Gasteiger partial charge >= 0.3 is 6.03 Å². The summed E-state index contributed by atoms with van der Waals surface area (Å²) in [7, 11) is 0. The maximum Gasteiger partial charge on any atom is 0.319 e. The van der Waals surface area contributed by atoms with Gasteiger partial charge in [-0.15, -0.1) is 0 Å². The van der Waals surface area contributed by atoms with E-state index in [-0.39, 0.29) is 24.0 Å². The number of ether oxygens (including phenoxy) is 1. The third kappa shape index (κ3) is 6.87. The van der Waals surface area contributed by atoms with Crippen LogP contribution in [0.3, 0.4) is 0 Å². The Morgan fingerprint density at radius 1 is 1.24 bits per heavy atom. The smallest absolute Gasteiger partial charge is 0.319 e. The van der Waals surface area contributed by atoms with Crippen molar-refractivity contribution in [3.8, 4) is 0 Å². The van der Waals surface area contributed by atoms with Gasteiger partial charge in [-0.25, -0.2) is 4.79 Å². The zero-order valence-corrected chi connectivity index (χ0v) is 17.9. The molecular weight excluding hydrogens is 392 g/mol. The molecule has 1 heterocycles. The fraction of sp³-hybridized carbons (Fsp3) is 0.619. The van der Waals surface area contributed by atoms with Gasteiger partial charge in [-0.1, -0.05) is 25.4 Å². The van der Waals surface area contributed by atoms with Crippen molar-refractivity contribution in [3.05, 3.63) is 28.8 Å². The van der Waals surface area contributed by atoms with Crippen molar-refractivity contribution in [1.82, 2.24) is 15.5 Å². The van der Waals surface area contributed by atoms with E-state index in [0.29, 0.717) is 28.7 Å². The molecule has 1 aromatic rings. The van der Waals surface area contributed by atoms with Crippen LogP contribution >= 0.6 is 11.6 Å². The molecule has 7 nitrogen and oxygen atoms in total. The van der Waals surface area contributed by atoms with E-state index in [1.54, 1.807) is 18.2 Å². The van der Waals surface area contributed by atoms with Gasteiger partial charge in [0.1, 0.15) is 0 Å². The summed E-state index contributed by atoms with van der Waals surface area (Å²) < 4.78 is 5.44. The van der Waals surface area contributed by atoms with E-state index >= 15 is 0 Å². The number of urea groups is 1. The predicted octanol–water partition coefficient (Wildman–Crippen LogP) is 3.10. The van der Waals surface area contributed by atoms with Crippen LogP contribution in [0.4, 0.5) is 10.5 Å². The number of anilines is 1. The Bertz CT molecular complexity index is 718. The highest BCUT2D eigenvalue weighted by Gasteiger charge is 2.25. The molecule has 1 aliphatic heterocycles. The molecule has 0 radical (unpaired) electrons. The first-order valence-corrected chi connectivity index (χ1v) is 10.8. The Morgan fingerprint density at radius 3 is 2.62 bits per heavy atom. The molecule has 1 atom stereocenters.